The zero-order valence-electron chi connectivity index (χ0n) is 10.0. The van der Waals surface area contributed by atoms with Crippen LogP contribution in [0.2, 0.25) is 5.02 Å². The molecule has 2 N–H and O–H groups in total. The predicted molar refractivity (Wildman–Crippen MR) is 71.0 cm³/mol. The van der Waals surface area contributed by atoms with Crippen LogP contribution >= 0.6 is 11.6 Å². The van der Waals surface area contributed by atoms with Crippen molar-refractivity contribution >= 4 is 11.6 Å². The summed E-state index contributed by atoms with van der Waals surface area (Å²) in [6.45, 7) is 1.97. The molecule has 0 spiro atoms. The third kappa shape index (κ3) is 2.86. The van der Waals surface area contributed by atoms with Gasteiger partial charge in [-0.2, -0.15) is 0 Å². The maximum atomic E-state index is 13.1. The van der Waals surface area contributed by atoms with E-state index in [-0.39, 0.29) is 11.1 Å². The summed E-state index contributed by atoms with van der Waals surface area (Å²) in [5, 5.41) is 0.131. The van der Waals surface area contributed by atoms with E-state index in [1.54, 1.807) is 24.5 Å². The molecule has 1 unspecified atom stereocenters. The number of halogens is 2. The number of hydrogen-bond acceptors (Lipinski definition) is 2. The fourth-order valence-corrected chi connectivity index (χ4v) is 2.13. The average Bonchev–Trinajstić information content (AvgIpc) is 2.34. The lowest BCUT2D eigenvalue weighted by molar-refractivity contribution is 0.626. The Bertz CT molecular complexity index is 557. The van der Waals surface area contributed by atoms with E-state index in [1.165, 1.54) is 6.07 Å². The molecule has 1 aromatic carbocycles. The molecule has 0 amide bonds. The summed E-state index contributed by atoms with van der Waals surface area (Å²) in [4.78, 5) is 4.03. The second kappa shape index (κ2) is 5.46. The molecule has 0 fully saturated rings. The maximum absolute atomic E-state index is 13.1. The van der Waals surface area contributed by atoms with Crippen LogP contribution in [0.5, 0.6) is 0 Å². The van der Waals surface area contributed by atoms with Crippen molar-refractivity contribution < 1.29 is 4.39 Å². The molecule has 0 bridgehead atoms. The first-order chi connectivity index (χ1) is 8.58. The van der Waals surface area contributed by atoms with E-state index in [2.05, 4.69) is 4.98 Å². The molecular formula is C14H14ClFN2. The van der Waals surface area contributed by atoms with Gasteiger partial charge in [-0.1, -0.05) is 17.7 Å². The summed E-state index contributed by atoms with van der Waals surface area (Å²) < 4.78 is 13.1. The van der Waals surface area contributed by atoms with Crippen LogP contribution in [0.3, 0.4) is 0 Å². The molecule has 0 aliphatic carbocycles. The van der Waals surface area contributed by atoms with Crippen LogP contribution in [-0.4, -0.2) is 4.98 Å². The van der Waals surface area contributed by atoms with Crippen molar-refractivity contribution in [3.05, 3.63) is 64.2 Å². The molecule has 1 heterocycles. The van der Waals surface area contributed by atoms with Gasteiger partial charge in [0.2, 0.25) is 0 Å². The minimum absolute atomic E-state index is 0.131. The van der Waals surface area contributed by atoms with Gasteiger partial charge in [-0.3, -0.25) is 4.98 Å². The summed E-state index contributed by atoms with van der Waals surface area (Å²) in [5.41, 5.74) is 9.17. The van der Waals surface area contributed by atoms with Crippen LogP contribution in [0.25, 0.3) is 0 Å². The summed E-state index contributed by atoms with van der Waals surface area (Å²) in [7, 11) is 0. The topological polar surface area (TPSA) is 38.9 Å². The van der Waals surface area contributed by atoms with Gasteiger partial charge in [0.1, 0.15) is 5.82 Å². The maximum Gasteiger partial charge on any atom is 0.141 e. The minimum atomic E-state index is -0.408. The second-order valence-electron chi connectivity index (χ2n) is 4.29. The number of nitrogens with two attached hydrogens (primary N) is 1. The number of aryl methyl sites for hydroxylation is 1. The molecule has 4 heteroatoms. The zero-order valence-corrected chi connectivity index (χ0v) is 10.8. The lowest BCUT2D eigenvalue weighted by Gasteiger charge is -2.14. The molecule has 0 saturated heterocycles. The summed E-state index contributed by atoms with van der Waals surface area (Å²) in [6.07, 6.45) is 4.12. The summed E-state index contributed by atoms with van der Waals surface area (Å²) in [6, 6.07) is 6.45. The first-order valence-electron chi connectivity index (χ1n) is 5.68. The Morgan fingerprint density at radius 2 is 2.17 bits per heavy atom. The number of rotatable bonds is 3. The van der Waals surface area contributed by atoms with E-state index in [0.717, 1.165) is 16.7 Å². The first kappa shape index (κ1) is 13.0. The molecule has 0 saturated carbocycles. The predicted octanol–water partition coefficient (Wildman–Crippen LogP) is 3.43. The van der Waals surface area contributed by atoms with Crippen LogP contribution in [0.1, 0.15) is 22.7 Å². The summed E-state index contributed by atoms with van der Waals surface area (Å²) >= 11 is 5.75. The second-order valence-corrected chi connectivity index (χ2v) is 4.70. The Morgan fingerprint density at radius 3 is 2.83 bits per heavy atom. The highest BCUT2D eigenvalue weighted by Gasteiger charge is 2.10. The largest absolute Gasteiger partial charge is 0.324 e. The molecule has 1 aromatic heterocycles. The number of benzene rings is 1. The van der Waals surface area contributed by atoms with Crippen molar-refractivity contribution in [1.29, 1.82) is 0 Å². The summed E-state index contributed by atoms with van der Waals surface area (Å²) in [5.74, 6) is -0.408. The fraction of sp³-hybridized carbons (Fsp3) is 0.214. The Balaban J connectivity index is 2.19. The third-order valence-corrected chi connectivity index (χ3v) is 3.19. The fourth-order valence-electron chi connectivity index (χ4n) is 1.93. The number of aromatic nitrogens is 1. The molecule has 2 rings (SSSR count). The van der Waals surface area contributed by atoms with E-state index < -0.39 is 5.82 Å². The molecule has 1 atom stereocenters. The van der Waals surface area contributed by atoms with Gasteiger partial charge >= 0.3 is 0 Å². The van der Waals surface area contributed by atoms with Gasteiger partial charge in [-0.25, -0.2) is 4.39 Å². The van der Waals surface area contributed by atoms with Crippen LogP contribution in [0, 0.1) is 12.7 Å². The number of nitrogens with zero attached hydrogens (tertiary/aromatic N) is 1. The van der Waals surface area contributed by atoms with Gasteiger partial charge in [0.05, 0.1) is 5.02 Å². The Kier molecular flexibility index (Phi) is 3.94. The molecule has 0 aliphatic rings. The Morgan fingerprint density at radius 1 is 1.39 bits per heavy atom. The monoisotopic (exact) mass is 264 g/mol. The van der Waals surface area contributed by atoms with Gasteiger partial charge in [0.25, 0.3) is 0 Å². The normalized spacial score (nSPS) is 12.4. The van der Waals surface area contributed by atoms with Crippen LogP contribution in [0.15, 0.2) is 36.7 Å². The minimum Gasteiger partial charge on any atom is -0.324 e. The van der Waals surface area contributed by atoms with Crippen molar-refractivity contribution in [3.63, 3.8) is 0 Å². The Hall–Kier alpha value is -1.45. The number of pyridine rings is 1. The SMILES string of the molecule is Cc1cnccc1C(N)Cc1ccc(F)c(Cl)c1. The quantitative estimate of drug-likeness (QED) is 0.923. The lowest BCUT2D eigenvalue weighted by atomic mass is 9.97. The highest BCUT2D eigenvalue weighted by Crippen LogP contribution is 2.22. The van der Waals surface area contributed by atoms with E-state index in [4.69, 9.17) is 17.3 Å². The van der Waals surface area contributed by atoms with E-state index in [1.807, 2.05) is 13.0 Å². The molecule has 2 nitrogen and oxygen atoms in total. The standard InChI is InChI=1S/C14H14ClFN2/c1-9-8-18-5-4-11(9)14(17)7-10-2-3-13(16)12(15)6-10/h2-6,8,14H,7,17H2,1H3. The van der Waals surface area contributed by atoms with Gasteiger partial charge in [0.15, 0.2) is 0 Å². The molecule has 2 aromatic rings. The van der Waals surface area contributed by atoms with Crippen molar-refractivity contribution in [2.45, 2.75) is 19.4 Å². The lowest BCUT2D eigenvalue weighted by Crippen LogP contribution is -2.14. The van der Waals surface area contributed by atoms with Crippen molar-refractivity contribution in [2.75, 3.05) is 0 Å². The highest BCUT2D eigenvalue weighted by atomic mass is 35.5. The molecular weight excluding hydrogens is 251 g/mol. The van der Waals surface area contributed by atoms with E-state index in [9.17, 15) is 4.39 Å². The smallest absolute Gasteiger partial charge is 0.141 e. The van der Waals surface area contributed by atoms with Crippen molar-refractivity contribution in [2.24, 2.45) is 5.73 Å². The van der Waals surface area contributed by atoms with E-state index in [0.29, 0.717) is 6.42 Å². The van der Waals surface area contributed by atoms with Crippen LogP contribution in [-0.2, 0) is 6.42 Å². The Labute approximate surface area is 111 Å². The van der Waals surface area contributed by atoms with Gasteiger partial charge in [-0.15, -0.1) is 0 Å². The van der Waals surface area contributed by atoms with Gasteiger partial charge in [-0.05, 0) is 48.2 Å². The molecule has 0 radical (unpaired) electrons. The number of hydrogen-bond donors (Lipinski definition) is 1. The van der Waals surface area contributed by atoms with Gasteiger partial charge in [0, 0.05) is 18.4 Å². The third-order valence-electron chi connectivity index (χ3n) is 2.90. The average molecular weight is 265 g/mol. The first-order valence-corrected chi connectivity index (χ1v) is 6.05. The van der Waals surface area contributed by atoms with Gasteiger partial charge < -0.3 is 5.73 Å². The van der Waals surface area contributed by atoms with E-state index >= 15 is 0 Å². The van der Waals surface area contributed by atoms with Crippen LogP contribution < -0.4 is 5.73 Å². The zero-order chi connectivity index (χ0) is 13.1. The van der Waals surface area contributed by atoms with Crippen molar-refractivity contribution in [3.8, 4) is 0 Å². The molecule has 0 aliphatic heterocycles. The molecule has 18 heavy (non-hydrogen) atoms. The highest BCUT2D eigenvalue weighted by molar-refractivity contribution is 6.30. The van der Waals surface area contributed by atoms with Crippen molar-refractivity contribution in [1.82, 2.24) is 4.98 Å². The van der Waals surface area contributed by atoms with Crippen LogP contribution in [0.4, 0.5) is 4.39 Å². The molecule has 94 valence electrons.